The van der Waals surface area contributed by atoms with Crippen LogP contribution >= 0.6 is 23.1 Å². The molecule has 2 rings (SSSR count). The number of nitrogens with zero attached hydrogens (tertiary/aromatic N) is 1. The van der Waals surface area contributed by atoms with Gasteiger partial charge in [-0.1, -0.05) is 18.3 Å². The Balaban J connectivity index is 2.01. The lowest BCUT2D eigenvalue weighted by Gasteiger charge is -1.99. The second kappa shape index (κ2) is 6.06. The molecular weight excluding hydrogens is 266 g/mol. The molecule has 4 nitrogen and oxygen atoms in total. The molecule has 1 heterocycles. The standard InChI is InChI=1S/C12H15N3OS2/c1-2-5-17-7-11(16)15-12-14-9-4-3-8(13)6-10(9)18-12/h3-4,6H,2,5,7,13H2,1H3,(H,14,15,16). The highest BCUT2D eigenvalue weighted by molar-refractivity contribution is 7.99. The molecule has 0 atom stereocenters. The Bertz CT molecular complexity index is 553. The zero-order chi connectivity index (χ0) is 13.0. The molecule has 1 amide bonds. The molecule has 0 saturated carbocycles. The molecule has 0 aliphatic heterocycles. The Kier molecular flexibility index (Phi) is 4.43. The predicted octanol–water partition coefficient (Wildman–Crippen LogP) is 2.96. The number of nitrogens with one attached hydrogen (secondary N) is 1. The summed E-state index contributed by atoms with van der Waals surface area (Å²) in [4.78, 5) is 16.0. The fourth-order valence-electron chi connectivity index (χ4n) is 1.46. The minimum Gasteiger partial charge on any atom is -0.399 e. The molecule has 1 aromatic carbocycles. The third kappa shape index (κ3) is 3.36. The van der Waals surface area contributed by atoms with Crippen LogP contribution in [0.25, 0.3) is 10.2 Å². The lowest BCUT2D eigenvalue weighted by molar-refractivity contribution is -0.113. The summed E-state index contributed by atoms with van der Waals surface area (Å²) in [6, 6.07) is 5.54. The summed E-state index contributed by atoms with van der Waals surface area (Å²) in [5, 5.41) is 3.45. The number of carbonyl (C=O) groups excluding carboxylic acids is 1. The minimum absolute atomic E-state index is 0.000443. The van der Waals surface area contributed by atoms with Crippen molar-refractivity contribution in [3.63, 3.8) is 0 Å². The predicted molar refractivity (Wildman–Crippen MR) is 80.3 cm³/mol. The van der Waals surface area contributed by atoms with Crippen LogP contribution in [0, 0.1) is 0 Å². The van der Waals surface area contributed by atoms with Crippen LogP contribution in [0.15, 0.2) is 18.2 Å². The van der Waals surface area contributed by atoms with Crippen molar-refractivity contribution in [2.45, 2.75) is 13.3 Å². The van der Waals surface area contributed by atoms with Gasteiger partial charge in [-0.2, -0.15) is 11.8 Å². The number of nitrogen functional groups attached to an aromatic ring is 1. The number of anilines is 2. The van der Waals surface area contributed by atoms with Crippen LogP contribution in [0.3, 0.4) is 0 Å². The van der Waals surface area contributed by atoms with E-state index in [2.05, 4.69) is 17.2 Å². The largest absolute Gasteiger partial charge is 0.399 e. The molecule has 0 bridgehead atoms. The summed E-state index contributed by atoms with van der Waals surface area (Å²) >= 11 is 3.08. The Labute approximate surface area is 114 Å². The maximum absolute atomic E-state index is 11.6. The molecule has 0 aliphatic carbocycles. The third-order valence-electron chi connectivity index (χ3n) is 2.24. The normalized spacial score (nSPS) is 10.7. The quantitative estimate of drug-likeness (QED) is 0.653. The smallest absolute Gasteiger partial charge is 0.236 e. The molecule has 0 spiro atoms. The van der Waals surface area contributed by atoms with Gasteiger partial charge in [0, 0.05) is 5.69 Å². The Morgan fingerprint density at radius 2 is 2.39 bits per heavy atom. The monoisotopic (exact) mass is 281 g/mol. The highest BCUT2D eigenvalue weighted by Crippen LogP contribution is 2.27. The van der Waals surface area contributed by atoms with E-state index < -0.39 is 0 Å². The maximum atomic E-state index is 11.6. The molecule has 6 heteroatoms. The molecule has 0 unspecified atom stereocenters. The first-order chi connectivity index (χ1) is 8.69. The van der Waals surface area contributed by atoms with E-state index in [0.29, 0.717) is 16.6 Å². The summed E-state index contributed by atoms with van der Waals surface area (Å²) in [6.07, 6.45) is 1.08. The SMILES string of the molecule is CCCSCC(=O)Nc1nc2ccc(N)cc2s1. The van der Waals surface area contributed by atoms with Crippen LogP contribution in [0.1, 0.15) is 13.3 Å². The molecule has 96 valence electrons. The van der Waals surface area contributed by atoms with Gasteiger partial charge in [0.1, 0.15) is 0 Å². The van der Waals surface area contributed by atoms with E-state index in [4.69, 9.17) is 5.73 Å². The summed E-state index contributed by atoms with van der Waals surface area (Å²) in [5.41, 5.74) is 7.28. The van der Waals surface area contributed by atoms with Crippen molar-refractivity contribution < 1.29 is 4.79 Å². The number of amides is 1. The number of benzene rings is 1. The van der Waals surface area contributed by atoms with Gasteiger partial charge in [-0.25, -0.2) is 4.98 Å². The van der Waals surface area contributed by atoms with Crippen LogP contribution in [0.4, 0.5) is 10.8 Å². The van der Waals surface area contributed by atoms with Crippen molar-refractivity contribution in [3.8, 4) is 0 Å². The van der Waals surface area contributed by atoms with Gasteiger partial charge in [-0.3, -0.25) is 4.79 Å². The van der Waals surface area contributed by atoms with Crippen molar-refractivity contribution in [1.29, 1.82) is 0 Å². The number of hydrogen-bond acceptors (Lipinski definition) is 5. The molecule has 3 N–H and O–H groups in total. The maximum Gasteiger partial charge on any atom is 0.236 e. The molecule has 18 heavy (non-hydrogen) atoms. The number of thiazole rings is 1. The van der Waals surface area contributed by atoms with E-state index in [1.54, 1.807) is 11.8 Å². The van der Waals surface area contributed by atoms with Crippen LogP contribution in [-0.2, 0) is 4.79 Å². The van der Waals surface area contributed by atoms with Gasteiger partial charge >= 0.3 is 0 Å². The first kappa shape index (κ1) is 13.2. The number of aromatic nitrogens is 1. The second-order valence-corrected chi connectivity index (χ2v) is 5.98. The van der Waals surface area contributed by atoms with Crippen LogP contribution in [0.2, 0.25) is 0 Å². The van der Waals surface area contributed by atoms with Crippen molar-refractivity contribution in [2.75, 3.05) is 22.6 Å². The highest BCUT2D eigenvalue weighted by atomic mass is 32.2. The number of thioether (sulfide) groups is 1. The number of rotatable bonds is 5. The lowest BCUT2D eigenvalue weighted by Crippen LogP contribution is -2.13. The van der Waals surface area contributed by atoms with Crippen molar-refractivity contribution >= 4 is 50.0 Å². The molecule has 1 aromatic heterocycles. The van der Waals surface area contributed by atoms with Gasteiger partial charge in [0.05, 0.1) is 16.0 Å². The first-order valence-corrected chi connectivity index (χ1v) is 7.70. The topological polar surface area (TPSA) is 68.0 Å². The van der Waals surface area contributed by atoms with Crippen molar-refractivity contribution in [1.82, 2.24) is 4.98 Å². The molecule has 0 aliphatic rings. The first-order valence-electron chi connectivity index (χ1n) is 5.72. The van der Waals surface area contributed by atoms with E-state index in [0.717, 1.165) is 22.4 Å². The van der Waals surface area contributed by atoms with E-state index in [1.165, 1.54) is 11.3 Å². The zero-order valence-corrected chi connectivity index (χ0v) is 11.7. The average Bonchev–Trinajstić information content (AvgIpc) is 2.70. The van der Waals surface area contributed by atoms with E-state index in [1.807, 2.05) is 18.2 Å². The molecule has 0 fully saturated rings. The van der Waals surface area contributed by atoms with Gasteiger partial charge < -0.3 is 11.1 Å². The number of fused-ring (bicyclic) bond motifs is 1. The van der Waals surface area contributed by atoms with Crippen LogP contribution in [-0.4, -0.2) is 22.4 Å². The molecular formula is C12H15N3OS2. The van der Waals surface area contributed by atoms with Crippen LogP contribution < -0.4 is 11.1 Å². The molecule has 0 saturated heterocycles. The van der Waals surface area contributed by atoms with Crippen molar-refractivity contribution in [2.24, 2.45) is 0 Å². The Morgan fingerprint density at radius 3 is 3.17 bits per heavy atom. The van der Waals surface area contributed by atoms with E-state index in [-0.39, 0.29) is 5.91 Å². The zero-order valence-electron chi connectivity index (χ0n) is 10.1. The minimum atomic E-state index is 0.000443. The average molecular weight is 281 g/mol. The summed E-state index contributed by atoms with van der Waals surface area (Å²) in [6.45, 7) is 2.10. The summed E-state index contributed by atoms with van der Waals surface area (Å²) < 4.78 is 0.992. The Morgan fingerprint density at radius 1 is 1.56 bits per heavy atom. The highest BCUT2D eigenvalue weighted by Gasteiger charge is 2.07. The van der Waals surface area contributed by atoms with Gasteiger partial charge in [-0.05, 0) is 30.4 Å². The summed E-state index contributed by atoms with van der Waals surface area (Å²) in [7, 11) is 0. The molecule has 0 radical (unpaired) electrons. The van der Waals surface area contributed by atoms with Gasteiger partial charge in [0.25, 0.3) is 0 Å². The number of carbonyl (C=O) groups is 1. The fourth-order valence-corrected chi connectivity index (χ4v) is 3.08. The number of hydrogen-bond donors (Lipinski definition) is 2. The van der Waals surface area contributed by atoms with E-state index in [9.17, 15) is 4.79 Å². The van der Waals surface area contributed by atoms with E-state index >= 15 is 0 Å². The van der Waals surface area contributed by atoms with Gasteiger partial charge in [0.2, 0.25) is 5.91 Å². The van der Waals surface area contributed by atoms with Gasteiger partial charge in [0.15, 0.2) is 5.13 Å². The second-order valence-electron chi connectivity index (χ2n) is 3.85. The van der Waals surface area contributed by atoms with Crippen LogP contribution in [0.5, 0.6) is 0 Å². The third-order valence-corrected chi connectivity index (χ3v) is 4.34. The fraction of sp³-hybridized carbons (Fsp3) is 0.333. The lowest BCUT2D eigenvalue weighted by atomic mass is 10.3. The molecule has 2 aromatic rings. The summed E-state index contributed by atoms with van der Waals surface area (Å²) in [5.74, 6) is 1.48. The Hall–Kier alpha value is -1.27. The van der Waals surface area contributed by atoms with Crippen molar-refractivity contribution in [3.05, 3.63) is 18.2 Å². The van der Waals surface area contributed by atoms with Gasteiger partial charge in [-0.15, -0.1) is 0 Å². The number of nitrogens with two attached hydrogens (primary N) is 1.